The van der Waals surface area contributed by atoms with Crippen molar-refractivity contribution in [1.82, 2.24) is 9.79 Å². The van der Waals surface area contributed by atoms with Gasteiger partial charge in [0.1, 0.15) is 17.1 Å². The molecule has 0 heterocycles. The number of ether oxygens (including phenoxy) is 2. The summed E-state index contributed by atoms with van der Waals surface area (Å²) in [5.74, 6) is 1.60. The van der Waals surface area contributed by atoms with Crippen LogP contribution in [0.1, 0.15) is 111 Å². The van der Waals surface area contributed by atoms with Gasteiger partial charge in [0.15, 0.2) is 11.8 Å². The molecule has 0 aromatic heterocycles. The van der Waals surface area contributed by atoms with Crippen LogP contribution in [0.3, 0.4) is 0 Å². The van der Waals surface area contributed by atoms with Crippen LogP contribution in [0.25, 0.3) is 0 Å². The van der Waals surface area contributed by atoms with Crippen molar-refractivity contribution in [2.45, 2.75) is 117 Å². The van der Waals surface area contributed by atoms with Gasteiger partial charge in [-0.15, -0.1) is 9.88 Å². The van der Waals surface area contributed by atoms with Crippen LogP contribution in [0.5, 0.6) is 11.5 Å². The summed E-state index contributed by atoms with van der Waals surface area (Å²) < 4.78 is 41.9. The zero-order chi connectivity index (χ0) is 38.3. The molecule has 51 heavy (non-hydrogen) atoms. The molecule has 2 rings (SSSR count). The molecule has 4 atom stereocenters. The van der Waals surface area contributed by atoms with Crippen LogP contribution in [0.2, 0.25) is 0 Å². The van der Waals surface area contributed by atoms with Crippen molar-refractivity contribution in [3.63, 3.8) is 0 Å². The standard InChI is InChI=1S/C39H66N4O4P3S/c1-12-17-19-28-38(6,7)46-35-24-20-34(21-25-35)31-41-43(10)48(51)39(8,29-18-13-2)47-36-26-22-33(23-27-36)30-40-42(9)32-37(49(11,44)14-3)50(45,15-4)16-5/h20-27,30-31,37H,12-19,28-29,32H2,1-11H3/q+1. The Morgan fingerprint density at radius 1 is 0.765 bits per heavy atom. The van der Waals surface area contributed by atoms with E-state index in [0.717, 1.165) is 48.3 Å². The highest BCUT2D eigenvalue weighted by Crippen LogP contribution is 2.66. The lowest BCUT2D eigenvalue weighted by atomic mass is 10.0. The Balaban J connectivity index is 2.12. The molecule has 12 heteroatoms. The monoisotopic (exact) mass is 779 g/mol. The first kappa shape index (κ1) is 45.1. The summed E-state index contributed by atoms with van der Waals surface area (Å²) in [6.45, 7) is 17.6. The smallest absolute Gasteiger partial charge is 0.358 e. The Hall–Kier alpha value is -2.04. The van der Waals surface area contributed by atoms with E-state index < -0.39 is 26.5 Å². The third kappa shape index (κ3) is 14.4. The maximum Gasteiger partial charge on any atom is 0.358 e. The summed E-state index contributed by atoms with van der Waals surface area (Å²) >= 11 is 6.12. The van der Waals surface area contributed by atoms with Crippen LogP contribution in [-0.2, 0) is 20.9 Å². The number of unbranched alkanes of at least 4 members (excludes halogenated alkanes) is 3. The predicted molar refractivity (Wildman–Crippen MR) is 227 cm³/mol. The van der Waals surface area contributed by atoms with Gasteiger partial charge >= 0.3 is 6.85 Å². The third-order valence-corrected chi connectivity index (χ3v) is 22.0. The molecule has 0 aliphatic heterocycles. The van der Waals surface area contributed by atoms with E-state index in [1.54, 1.807) is 17.9 Å². The fourth-order valence-corrected chi connectivity index (χ4v) is 15.6. The van der Waals surface area contributed by atoms with E-state index in [9.17, 15) is 9.13 Å². The topological polar surface area (TPSA) is 83.8 Å². The summed E-state index contributed by atoms with van der Waals surface area (Å²) in [5, 5.41) is 10.2. The summed E-state index contributed by atoms with van der Waals surface area (Å²) in [5.41, 5.74) is 1.68. The van der Waals surface area contributed by atoms with Crippen molar-refractivity contribution in [2.24, 2.45) is 10.2 Å². The zero-order valence-electron chi connectivity index (χ0n) is 33.3. The Bertz CT molecular complexity index is 1510. The van der Waals surface area contributed by atoms with Gasteiger partial charge in [-0.25, -0.2) is 0 Å². The molecule has 286 valence electrons. The lowest BCUT2D eigenvalue weighted by Crippen LogP contribution is -2.31. The van der Waals surface area contributed by atoms with Crippen LogP contribution < -0.4 is 9.47 Å². The molecule has 0 bridgehead atoms. The van der Waals surface area contributed by atoms with Gasteiger partial charge in [0.25, 0.3) is 5.34 Å². The molecule has 0 aliphatic rings. The first-order valence-electron chi connectivity index (χ1n) is 18.7. The maximum atomic E-state index is 13.7. The number of hydrazone groups is 2. The molecule has 0 saturated carbocycles. The van der Waals surface area contributed by atoms with E-state index in [-0.39, 0.29) is 11.0 Å². The largest absolute Gasteiger partial charge is 0.488 e. The molecular formula is C39H66N4O4P3S+. The van der Waals surface area contributed by atoms with E-state index in [1.165, 1.54) is 19.3 Å². The van der Waals surface area contributed by atoms with E-state index >= 15 is 0 Å². The Morgan fingerprint density at radius 3 is 1.76 bits per heavy atom. The van der Waals surface area contributed by atoms with Crippen molar-refractivity contribution in [2.75, 3.05) is 45.8 Å². The second kappa shape index (κ2) is 21.0. The van der Waals surface area contributed by atoms with Gasteiger partial charge in [-0.2, -0.15) is 5.10 Å². The molecule has 0 N–H and O–H groups in total. The Morgan fingerprint density at radius 2 is 1.27 bits per heavy atom. The molecule has 2 aromatic rings. The Kier molecular flexibility index (Phi) is 18.6. The molecule has 4 unspecified atom stereocenters. The van der Waals surface area contributed by atoms with E-state index in [2.05, 4.69) is 39.7 Å². The fraction of sp³-hybridized carbons (Fsp3) is 0.641. The minimum Gasteiger partial charge on any atom is -0.488 e. The molecule has 0 aliphatic carbocycles. The highest BCUT2D eigenvalue weighted by atomic mass is 32.4. The van der Waals surface area contributed by atoms with E-state index in [1.807, 2.05) is 94.4 Å². The number of nitrogens with zero attached hydrogens (tertiary/aromatic N) is 4. The van der Waals surface area contributed by atoms with Crippen molar-refractivity contribution in [1.29, 1.82) is 0 Å². The summed E-state index contributed by atoms with van der Waals surface area (Å²) in [4.78, 5) is 0. The van der Waals surface area contributed by atoms with Gasteiger partial charge in [-0.1, -0.05) is 53.9 Å². The first-order chi connectivity index (χ1) is 24.0. The van der Waals surface area contributed by atoms with Crippen molar-refractivity contribution in [3.8, 4) is 11.5 Å². The van der Waals surface area contributed by atoms with Crippen LogP contribution in [0.15, 0.2) is 58.7 Å². The highest BCUT2D eigenvalue weighted by Gasteiger charge is 2.46. The summed E-state index contributed by atoms with van der Waals surface area (Å²) in [7, 11) is -1.38. The molecule has 0 amide bonds. The lowest BCUT2D eigenvalue weighted by molar-refractivity contribution is 0.0962. The molecule has 0 radical (unpaired) electrons. The van der Waals surface area contributed by atoms with Crippen LogP contribution >= 0.6 is 21.1 Å². The maximum absolute atomic E-state index is 13.7. The van der Waals surface area contributed by atoms with Gasteiger partial charge in [0, 0.05) is 20.4 Å². The second-order valence-corrected chi connectivity index (χ2v) is 25.4. The highest BCUT2D eigenvalue weighted by molar-refractivity contribution is 8.04. The average Bonchev–Trinajstić information content (AvgIpc) is 3.11. The minimum atomic E-state index is -2.59. The van der Waals surface area contributed by atoms with Crippen LogP contribution in [-0.4, -0.2) is 84.4 Å². The number of hydrogen-bond acceptors (Lipinski definition) is 8. The van der Waals surface area contributed by atoms with Gasteiger partial charge in [-0.05, 0) is 118 Å². The average molecular weight is 780 g/mol. The molecule has 0 fully saturated rings. The minimum absolute atomic E-state index is 0.200. The van der Waals surface area contributed by atoms with Crippen molar-refractivity contribution in [3.05, 3.63) is 59.7 Å². The summed E-state index contributed by atoms with van der Waals surface area (Å²) in [6.07, 6.45) is 12.7. The Labute approximate surface area is 316 Å². The fourth-order valence-electron chi connectivity index (χ4n) is 5.93. The quantitative estimate of drug-likeness (QED) is 0.0454. The van der Waals surface area contributed by atoms with Crippen molar-refractivity contribution < 1.29 is 18.6 Å². The second-order valence-electron chi connectivity index (χ2n) is 14.5. The predicted octanol–water partition coefficient (Wildman–Crippen LogP) is 11.5. The van der Waals surface area contributed by atoms with Crippen LogP contribution in [0, 0.1) is 0 Å². The van der Waals surface area contributed by atoms with Gasteiger partial charge in [-0.3, -0.25) is 5.01 Å². The number of rotatable bonds is 24. The molecule has 2 aromatic carbocycles. The van der Waals surface area contributed by atoms with Gasteiger partial charge in [0.2, 0.25) is 0 Å². The number of benzene rings is 2. The molecular weight excluding hydrogens is 713 g/mol. The van der Waals surface area contributed by atoms with Crippen LogP contribution in [0.4, 0.5) is 0 Å². The van der Waals surface area contributed by atoms with E-state index in [4.69, 9.17) is 26.4 Å². The third-order valence-electron chi connectivity index (χ3n) is 9.61. The normalized spacial score (nSPS) is 15.7. The molecule has 0 spiro atoms. The SMILES string of the molecule is CCCCCC(C)(C)Oc1ccc(C=NN(C)[P+](=S)C(C)(CCCC)Oc2ccc(C=NN(C)CC(P(C)(=O)CC)P(=O)(CC)CC)cc2)cc1. The van der Waals surface area contributed by atoms with Crippen molar-refractivity contribution >= 4 is 45.4 Å². The molecule has 0 saturated heterocycles. The summed E-state index contributed by atoms with van der Waals surface area (Å²) in [6, 6.07) is 15.9. The number of hydrogen-bond donors (Lipinski definition) is 0. The molecule has 8 nitrogen and oxygen atoms in total. The van der Waals surface area contributed by atoms with E-state index in [0.29, 0.717) is 25.0 Å². The van der Waals surface area contributed by atoms with Gasteiger partial charge in [0.05, 0.1) is 45.7 Å². The van der Waals surface area contributed by atoms with Gasteiger partial charge < -0.3 is 18.6 Å². The zero-order valence-corrected chi connectivity index (χ0v) is 36.8. The lowest BCUT2D eigenvalue weighted by Gasteiger charge is -2.33. The first-order valence-corrected chi connectivity index (χ1v) is 25.6.